The van der Waals surface area contributed by atoms with Crippen molar-refractivity contribution in [2.75, 3.05) is 0 Å². The minimum atomic E-state index is -0.354. The van der Waals surface area contributed by atoms with Crippen molar-refractivity contribution in [1.82, 2.24) is 14.9 Å². The topological polar surface area (TPSA) is 46.9 Å². The van der Waals surface area contributed by atoms with E-state index < -0.39 is 0 Å². The number of imidazole rings is 1. The van der Waals surface area contributed by atoms with Crippen LogP contribution in [0.3, 0.4) is 0 Å². The molecule has 0 spiro atoms. The summed E-state index contributed by atoms with van der Waals surface area (Å²) in [6.45, 7) is 4.98. The third kappa shape index (κ3) is 3.93. The Balaban J connectivity index is 1.84. The van der Waals surface area contributed by atoms with Gasteiger partial charge in [-0.05, 0) is 49.7 Å². The smallest absolute Gasteiger partial charge is 0.251 e. The molecular weight excluding hydrogens is 329 g/mol. The van der Waals surface area contributed by atoms with E-state index in [1.54, 1.807) is 0 Å². The van der Waals surface area contributed by atoms with Gasteiger partial charge in [0.05, 0.1) is 17.1 Å². The first-order valence-corrected chi connectivity index (χ1v) is 9.11. The number of carbonyl (C=O) groups excluding carboxylic acids is 1. The van der Waals surface area contributed by atoms with Crippen molar-refractivity contribution >= 4 is 16.9 Å². The zero-order chi connectivity index (χ0) is 18.5. The first-order chi connectivity index (χ1) is 12.6. The van der Waals surface area contributed by atoms with Crippen molar-refractivity contribution in [3.63, 3.8) is 0 Å². The van der Waals surface area contributed by atoms with Gasteiger partial charge in [0, 0.05) is 12.1 Å². The minimum absolute atomic E-state index is 0.232. The molecule has 5 heteroatoms. The lowest BCUT2D eigenvalue weighted by atomic mass is 10.2. The molecule has 1 heterocycles. The number of aromatic nitrogens is 2. The Bertz CT molecular complexity index is 886. The molecule has 2 aromatic carbocycles. The van der Waals surface area contributed by atoms with Crippen molar-refractivity contribution in [2.45, 2.75) is 45.7 Å². The number of hydrogen-bond acceptors (Lipinski definition) is 2. The lowest BCUT2D eigenvalue weighted by Crippen LogP contribution is -2.28. The number of nitrogens with one attached hydrogen (secondary N) is 1. The van der Waals surface area contributed by atoms with Crippen LogP contribution in [0, 0.1) is 5.82 Å². The maximum Gasteiger partial charge on any atom is 0.251 e. The molecule has 0 aliphatic heterocycles. The van der Waals surface area contributed by atoms with Gasteiger partial charge in [0.15, 0.2) is 0 Å². The third-order valence-electron chi connectivity index (χ3n) is 4.51. The number of fused-ring (bicyclic) bond motifs is 1. The second kappa shape index (κ2) is 8.13. The molecule has 0 unspecified atom stereocenters. The highest BCUT2D eigenvalue weighted by atomic mass is 19.1. The van der Waals surface area contributed by atoms with Crippen molar-refractivity contribution in [3.8, 4) is 0 Å². The van der Waals surface area contributed by atoms with E-state index in [4.69, 9.17) is 4.98 Å². The molecule has 26 heavy (non-hydrogen) atoms. The van der Waals surface area contributed by atoms with Gasteiger partial charge in [0.2, 0.25) is 0 Å². The Hall–Kier alpha value is -2.69. The van der Waals surface area contributed by atoms with Crippen LogP contribution < -0.4 is 5.32 Å². The third-order valence-corrected chi connectivity index (χ3v) is 4.51. The highest BCUT2D eigenvalue weighted by Crippen LogP contribution is 2.22. The highest BCUT2D eigenvalue weighted by molar-refractivity contribution is 5.94. The summed E-state index contributed by atoms with van der Waals surface area (Å²) in [5.41, 5.74) is 2.45. The van der Waals surface area contributed by atoms with Crippen LogP contribution in [0.1, 0.15) is 55.3 Å². The van der Waals surface area contributed by atoms with E-state index in [9.17, 15) is 9.18 Å². The molecule has 1 aromatic heterocycles. The van der Waals surface area contributed by atoms with Gasteiger partial charge in [-0.15, -0.1) is 0 Å². The summed E-state index contributed by atoms with van der Waals surface area (Å²) >= 11 is 0. The fourth-order valence-electron chi connectivity index (χ4n) is 3.13. The molecule has 0 aliphatic carbocycles. The van der Waals surface area contributed by atoms with Crippen molar-refractivity contribution in [3.05, 3.63) is 65.7 Å². The minimum Gasteiger partial charge on any atom is -0.342 e. The monoisotopic (exact) mass is 353 g/mol. The van der Waals surface area contributed by atoms with E-state index in [1.165, 1.54) is 24.3 Å². The van der Waals surface area contributed by atoms with Crippen LogP contribution in [-0.4, -0.2) is 15.5 Å². The van der Waals surface area contributed by atoms with Gasteiger partial charge in [0.25, 0.3) is 5.91 Å². The van der Waals surface area contributed by atoms with Crippen molar-refractivity contribution < 1.29 is 9.18 Å². The summed E-state index contributed by atoms with van der Waals surface area (Å²) in [5.74, 6) is 0.259. The van der Waals surface area contributed by atoms with Gasteiger partial charge < -0.3 is 9.88 Å². The second-order valence-electron chi connectivity index (χ2n) is 6.52. The van der Waals surface area contributed by atoms with Gasteiger partial charge in [-0.2, -0.15) is 0 Å². The lowest BCUT2D eigenvalue weighted by Gasteiger charge is -2.16. The summed E-state index contributed by atoms with van der Waals surface area (Å²) in [6, 6.07) is 13.3. The number of aryl methyl sites for hydroxylation is 1. The highest BCUT2D eigenvalue weighted by Gasteiger charge is 2.18. The predicted octanol–water partition coefficient (Wildman–Crippen LogP) is 4.86. The largest absolute Gasteiger partial charge is 0.342 e. The first kappa shape index (κ1) is 18.1. The summed E-state index contributed by atoms with van der Waals surface area (Å²) in [6.07, 6.45) is 3.38. The zero-order valence-corrected chi connectivity index (χ0v) is 15.2. The molecular formula is C21H24FN3O. The molecule has 3 aromatic rings. The van der Waals surface area contributed by atoms with Crippen LogP contribution in [0.15, 0.2) is 48.5 Å². The maximum atomic E-state index is 13.1. The van der Waals surface area contributed by atoms with Gasteiger partial charge in [0.1, 0.15) is 11.6 Å². The van der Waals surface area contributed by atoms with Gasteiger partial charge in [-0.1, -0.05) is 31.9 Å². The molecule has 0 radical (unpaired) electrons. The van der Waals surface area contributed by atoms with E-state index in [0.717, 1.165) is 42.7 Å². The lowest BCUT2D eigenvalue weighted by molar-refractivity contribution is 0.0937. The number of halogens is 1. The number of amides is 1. The Morgan fingerprint density at radius 1 is 1.15 bits per heavy atom. The molecule has 0 fully saturated rings. The first-order valence-electron chi connectivity index (χ1n) is 9.11. The standard InChI is InChI=1S/C21H24FN3O/c1-3-4-7-14-25-19-9-6-5-8-18(19)24-20(25)15(2)23-21(26)16-10-12-17(22)13-11-16/h5-6,8-13,15H,3-4,7,14H2,1-2H3,(H,23,26)/t15-/m0/s1. The van der Waals surface area contributed by atoms with Crippen molar-refractivity contribution in [1.29, 1.82) is 0 Å². The summed E-state index contributed by atoms with van der Waals surface area (Å²) < 4.78 is 15.2. The fraction of sp³-hybridized carbons (Fsp3) is 0.333. The predicted molar refractivity (Wildman–Crippen MR) is 102 cm³/mol. The molecule has 0 aliphatic rings. The Labute approximate surface area is 153 Å². The van der Waals surface area contributed by atoms with Crippen LogP contribution in [0.2, 0.25) is 0 Å². The van der Waals surface area contributed by atoms with Crippen LogP contribution >= 0.6 is 0 Å². The molecule has 3 rings (SSSR count). The fourth-order valence-corrected chi connectivity index (χ4v) is 3.13. The summed E-state index contributed by atoms with van der Waals surface area (Å²) in [7, 11) is 0. The van der Waals surface area contributed by atoms with Gasteiger partial charge in [-0.25, -0.2) is 9.37 Å². The van der Waals surface area contributed by atoms with E-state index in [2.05, 4.69) is 22.9 Å². The number of rotatable bonds is 7. The second-order valence-corrected chi connectivity index (χ2v) is 6.52. The zero-order valence-electron chi connectivity index (χ0n) is 15.2. The SMILES string of the molecule is CCCCCn1c([C@H](C)NC(=O)c2ccc(F)cc2)nc2ccccc21. The molecule has 0 bridgehead atoms. The number of unbranched alkanes of at least 4 members (excludes halogenated alkanes) is 2. The van der Waals surface area contributed by atoms with E-state index in [-0.39, 0.29) is 17.8 Å². The average Bonchev–Trinajstić information content (AvgIpc) is 3.01. The number of carbonyl (C=O) groups is 1. The van der Waals surface area contributed by atoms with Crippen LogP contribution in [0.25, 0.3) is 11.0 Å². The number of hydrogen-bond donors (Lipinski definition) is 1. The molecule has 1 atom stereocenters. The maximum absolute atomic E-state index is 13.1. The Morgan fingerprint density at radius 2 is 1.88 bits per heavy atom. The quantitative estimate of drug-likeness (QED) is 0.617. The van der Waals surface area contributed by atoms with Crippen LogP contribution in [0.5, 0.6) is 0 Å². The van der Waals surface area contributed by atoms with E-state index in [0.29, 0.717) is 5.56 Å². The number of benzene rings is 2. The van der Waals surface area contributed by atoms with Crippen molar-refractivity contribution in [2.24, 2.45) is 0 Å². The molecule has 0 saturated heterocycles. The molecule has 1 amide bonds. The normalized spacial score (nSPS) is 12.3. The average molecular weight is 353 g/mol. The summed E-state index contributed by atoms with van der Waals surface area (Å²) in [4.78, 5) is 17.2. The van der Waals surface area contributed by atoms with Crippen LogP contribution in [0.4, 0.5) is 4.39 Å². The Morgan fingerprint density at radius 3 is 2.62 bits per heavy atom. The van der Waals surface area contributed by atoms with E-state index in [1.807, 2.05) is 25.1 Å². The Kier molecular flexibility index (Phi) is 5.66. The summed E-state index contributed by atoms with van der Waals surface area (Å²) in [5, 5.41) is 2.98. The molecule has 136 valence electrons. The molecule has 1 N–H and O–H groups in total. The van der Waals surface area contributed by atoms with Crippen LogP contribution in [-0.2, 0) is 6.54 Å². The van der Waals surface area contributed by atoms with Gasteiger partial charge >= 0.3 is 0 Å². The van der Waals surface area contributed by atoms with Gasteiger partial charge in [-0.3, -0.25) is 4.79 Å². The molecule has 4 nitrogen and oxygen atoms in total. The molecule has 0 saturated carbocycles. The number of para-hydroxylation sites is 2. The van der Waals surface area contributed by atoms with E-state index >= 15 is 0 Å². The number of nitrogens with zero attached hydrogens (tertiary/aromatic N) is 2.